The van der Waals surface area contributed by atoms with Crippen molar-refractivity contribution < 1.29 is 28.7 Å². The summed E-state index contributed by atoms with van der Waals surface area (Å²) in [6, 6.07) is 15.0. The van der Waals surface area contributed by atoms with Crippen molar-refractivity contribution in [3.8, 4) is 11.8 Å². The number of amides is 3. The Morgan fingerprint density at radius 2 is 1.64 bits per heavy atom. The number of hydrogen-bond acceptors (Lipinski definition) is 7. The number of carbonyl (C=O) groups is 3. The third-order valence-electron chi connectivity index (χ3n) is 7.67. The minimum absolute atomic E-state index is 0.311. The highest BCUT2D eigenvalue weighted by molar-refractivity contribution is 6.12. The average molecular weight is 577 g/mol. The van der Waals surface area contributed by atoms with Crippen LogP contribution in [0.5, 0.6) is 0 Å². The molecule has 10 heteroatoms. The first-order valence-electron chi connectivity index (χ1n) is 14.4. The molecule has 0 saturated carbocycles. The van der Waals surface area contributed by atoms with Crippen LogP contribution >= 0.6 is 0 Å². The number of carbonyl (C=O) groups excluding carboxylic acids is 3. The fourth-order valence-corrected chi connectivity index (χ4v) is 4.82. The van der Waals surface area contributed by atoms with Gasteiger partial charge in [0.05, 0.1) is 6.61 Å². The molecule has 2 heterocycles. The zero-order valence-corrected chi connectivity index (χ0v) is 24.6. The van der Waals surface area contributed by atoms with Gasteiger partial charge in [0, 0.05) is 70.1 Å². The number of hydroxylamine groups is 1. The van der Waals surface area contributed by atoms with E-state index in [4.69, 9.17) is 14.3 Å². The summed E-state index contributed by atoms with van der Waals surface area (Å²) in [5.74, 6) is 4.36. The summed E-state index contributed by atoms with van der Waals surface area (Å²) in [4.78, 5) is 48.2. The lowest BCUT2D eigenvalue weighted by molar-refractivity contribution is -0.204. The van der Waals surface area contributed by atoms with Crippen molar-refractivity contribution in [2.75, 3.05) is 47.0 Å². The van der Waals surface area contributed by atoms with Crippen molar-refractivity contribution in [2.45, 2.75) is 51.0 Å². The highest BCUT2D eigenvalue weighted by Gasteiger charge is 2.47. The Labute approximate surface area is 247 Å². The second-order valence-corrected chi connectivity index (χ2v) is 10.6. The van der Waals surface area contributed by atoms with E-state index in [0.717, 1.165) is 68.1 Å². The quantitative estimate of drug-likeness (QED) is 0.282. The third kappa shape index (κ3) is 7.95. The number of benzene rings is 2. The first kappa shape index (κ1) is 31.2. The summed E-state index contributed by atoms with van der Waals surface area (Å²) >= 11 is 0. The van der Waals surface area contributed by atoms with Gasteiger partial charge in [-0.2, -0.15) is 0 Å². The lowest BCUT2D eigenvalue weighted by atomic mass is 9.96. The van der Waals surface area contributed by atoms with Crippen LogP contribution in [0.2, 0.25) is 0 Å². The van der Waals surface area contributed by atoms with E-state index in [1.165, 1.54) is 26.6 Å². The van der Waals surface area contributed by atoms with Crippen molar-refractivity contribution in [1.82, 2.24) is 20.6 Å². The Balaban J connectivity index is 1.38. The van der Waals surface area contributed by atoms with Gasteiger partial charge in [0.25, 0.3) is 17.7 Å². The molecular weight excluding hydrogens is 536 g/mol. The summed E-state index contributed by atoms with van der Waals surface area (Å²) in [6.45, 7) is 6.39. The maximum Gasteiger partial charge on any atom is 0.279 e. The summed E-state index contributed by atoms with van der Waals surface area (Å²) in [6.07, 6.45) is 2.92. The normalized spacial score (nSPS) is 18.9. The fraction of sp³-hybridized carbons (Fsp3) is 0.469. The SMILES string of the molecule is CNC(=O)[C@@](C)(C(=O)NOC1CCCCO1)N(C)C(=O)c1ccc(C#Cc2ccc(CN3CCCOCC3)cc2)cc1. The molecule has 0 spiro atoms. The molecule has 2 saturated heterocycles. The Morgan fingerprint density at radius 1 is 0.952 bits per heavy atom. The van der Waals surface area contributed by atoms with Crippen molar-refractivity contribution in [1.29, 1.82) is 0 Å². The third-order valence-corrected chi connectivity index (χ3v) is 7.67. The first-order chi connectivity index (χ1) is 20.3. The molecule has 0 aliphatic carbocycles. The Kier molecular flexibility index (Phi) is 11.1. The van der Waals surface area contributed by atoms with E-state index in [2.05, 4.69) is 39.7 Å². The Hall–Kier alpha value is -3.75. The zero-order chi connectivity index (χ0) is 30.0. The molecule has 10 nitrogen and oxygen atoms in total. The van der Waals surface area contributed by atoms with Crippen LogP contribution in [0.15, 0.2) is 48.5 Å². The predicted molar refractivity (Wildman–Crippen MR) is 157 cm³/mol. The summed E-state index contributed by atoms with van der Waals surface area (Å²) in [5, 5.41) is 2.47. The molecule has 0 radical (unpaired) electrons. The highest BCUT2D eigenvalue weighted by atomic mass is 16.8. The second kappa shape index (κ2) is 14.9. The van der Waals surface area contributed by atoms with Gasteiger partial charge in [-0.15, -0.1) is 0 Å². The first-order valence-corrected chi connectivity index (χ1v) is 14.4. The summed E-state index contributed by atoms with van der Waals surface area (Å²) in [7, 11) is 2.82. The average Bonchev–Trinajstić information content (AvgIpc) is 3.31. The van der Waals surface area contributed by atoms with E-state index in [1.54, 1.807) is 24.3 Å². The van der Waals surface area contributed by atoms with Crippen molar-refractivity contribution in [2.24, 2.45) is 0 Å². The molecule has 42 heavy (non-hydrogen) atoms. The molecule has 4 rings (SSSR count). The molecule has 2 aromatic carbocycles. The number of ether oxygens (including phenoxy) is 2. The van der Waals surface area contributed by atoms with E-state index in [9.17, 15) is 14.4 Å². The predicted octanol–water partition coefficient (Wildman–Crippen LogP) is 2.46. The molecule has 2 aliphatic rings. The minimum atomic E-state index is -1.87. The van der Waals surface area contributed by atoms with Crippen LogP contribution < -0.4 is 10.8 Å². The van der Waals surface area contributed by atoms with E-state index in [1.807, 2.05) is 12.1 Å². The fourth-order valence-electron chi connectivity index (χ4n) is 4.82. The standard InChI is InChI=1S/C32H40N4O6/c1-32(30(38)33-2,31(39)34-42-28-7-4-5-21-41-28)35(3)29(37)27-16-14-25(15-17-27)9-8-24-10-12-26(13-11-24)23-36-18-6-20-40-22-19-36/h10-17,28H,4-7,18-23H2,1-3H3,(H,33,38)(H,34,39)/t28?,32-/m0/s1. The molecule has 0 bridgehead atoms. The van der Waals surface area contributed by atoms with Gasteiger partial charge >= 0.3 is 0 Å². The topological polar surface area (TPSA) is 109 Å². The van der Waals surface area contributed by atoms with Crippen LogP contribution in [-0.2, 0) is 30.4 Å². The van der Waals surface area contributed by atoms with Crippen LogP contribution in [-0.4, -0.2) is 86.4 Å². The molecule has 2 aliphatic heterocycles. The molecule has 2 atom stereocenters. The number of rotatable bonds is 8. The molecule has 1 unspecified atom stereocenters. The van der Waals surface area contributed by atoms with E-state index < -0.39 is 29.6 Å². The largest absolute Gasteiger partial charge is 0.380 e. The van der Waals surface area contributed by atoms with Crippen LogP contribution in [0, 0.1) is 11.8 Å². The molecule has 0 aromatic heterocycles. The van der Waals surface area contributed by atoms with Crippen LogP contribution in [0.3, 0.4) is 0 Å². The second-order valence-electron chi connectivity index (χ2n) is 10.6. The molecule has 2 N–H and O–H groups in total. The number of hydrogen-bond donors (Lipinski definition) is 2. The van der Waals surface area contributed by atoms with Crippen LogP contribution in [0.25, 0.3) is 0 Å². The number of likely N-dealkylation sites (N-methyl/N-ethyl adjacent to an activating group) is 2. The molecule has 3 amide bonds. The molecule has 2 aromatic rings. The van der Waals surface area contributed by atoms with Crippen molar-refractivity contribution in [3.05, 3.63) is 70.8 Å². The van der Waals surface area contributed by atoms with Gasteiger partial charge in [-0.05, 0) is 68.1 Å². The van der Waals surface area contributed by atoms with Gasteiger partial charge in [0.15, 0.2) is 11.8 Å². The van der Waals surface area contributed by atoms with Gasteiger partial charge in [-0.3, -0.25) is 19.3 Å². The monoisotopic (exact) mass is 576 g/mol. The highest BCUT2D eigenvalue weighted by Crippen LogP contribution is 2.20. The zero-order valence-electron chi connectivity index (χ0n) is 24.6. The lowest BCUT2D eigenvalue weighted by Gasteiger charge is -2.36. The van der Waals surface area contributed by atoms with Crippen LogP contribution in [0.4, 0.5) is 0 Å². The number of nitrogens with zero attached hydrogens (tertiary/aromatic N) is 2. The van der Waals surface area contributed by atoms with E-state index >= 15 is 0 Å². The van der Waals surface area contributed by atoms with Gasteiger partial charge < -0.3 is 19.7 Å². The van der Waals surface area contributed by atoms with Gasteiger partial charge in [0.1, 0.15) is 0 Å². The molecular formula is C32H40N4O6. The van der Waals surface area contributed by atoms with Gasteiger partial charge in [-0.25, -0.2) is 10.3 Å². The van der Waals surface area contributed by atoms with E-state index in [0.29, 0.717) is 18.6 Å². The van der Waals surface area contributed by atoms with Crippen LogP contribution in [0.1, 0.15) is 59.7 Å². The Bertz CT molecular complexity index is 1270. The molecule has 2 fully saturated rings. The van der Waals surface area contributed by atoms with Gasteiger partial charge in [0.2, 0.25) is 0 Å². The van der Waals surface area contributed by atoms with E-state index in [-0.39, 0.29) is 0 Å². The minimum Gasteiger partial charge on any atom is -0.380 e. The van der Waals surface area contributed by atoms with Crippen molar-refractivity contribution in [3.63, 3.8) is 0 Å². The molecule has 224 valence electrons. The van der Waals surface area contributed by atoms with Crippen molar-refractivity contribution >= 4 is 17.7 Å². The lowest BCUT2D eigenvalue weighted by Crippen LogP contribution is -2.65. The van der Waals surface area contributed by atoms with Gasteiger partial charge in [-0.1, -0.05) is 24.0 Å². The number of nitrogens with one attached hydrogen (secondary N) is 2. The smallest absolute Gasteiger partial charge is 0.279 e. The summed E-state index contributed by atoms with van der Waals surface area (Å²) in [5.41, 5.74) is 3.62. The maximum atomic E-state index is 13.4. The Morgan fingerprint density at radius 3 is 2.29 bits per heavy atom. The maximum absolute atomic E-state index is 13.4. The summed E-state index contributed by atoms with van der Waals surface area (Å²) < 4.78 is 11.0.